The minimum atomic E-state index is -0.0200. The van der Waals surface area contributed by atoms with Gasteiger partial charge in [0.1, 0.15) is 10.7 Å². The molecule has 0 saturated carbocycles. The zero-order valence-electron chi connectivity index (χ0n) is 11.9. The Kier molecular flexibility index (Phi) is 5.81. The van der Waals surface area contributed by atoms with E-state index in [1.165, 1.54) is 11.3 Å². The number of benzene rings is 1. The van der Waals surface area contributed by atoms with Crippen LogP contribution in [0.1, 0.15) is 39.9 Å². The summed E-state index contributed by atoms with van der Waals surface area (Å²) >= 11 is 7.49. The number of rotatable bonds is 3. The number of hydrogen-bond donors (Lipinski definition) is 1. The van der Waals surface area contributed by atoms with Gasteiger partial charge in [0.05, 0.1) is 6.04 Å². The summed E-state index contributed by atoms with van der Waals surface area (Å²) in [6, 6.07) is 7.81. The molecule has 7 heteroatoms. The van der Waals surface area contributed by atoms with E-state index in [1.54, 1.807) is 5.38 Å². The molecule has 22 heavy (non-hydrogen) atoms. The van der Waals surface area contributed by atoms with Gasteiger partial charge >= 0.3 is 0 Å². The Labute approximate surface area is 144 Å². The van der Waals surface area contributed by atoms with Crippen molar-refractivity contribution in [1.29, 1.82) is 0 Å². The molecule has 4 nitrogen and oxygen atoms in total. The lowest BCUT2D eigenvalue weighted by molar-refractivity contribution is 0.0730. The molecule has 1 aliphatic rings. The second kappa shape index (κ2) is 7.42. The summed E-state index contributed by atoms with van der Waals surface area (Å²) in [5.74, 6) is -0.0200. The minimum Gasteiger partial charge on any atom is -0.330 e. The first kappa shape index (κ1) is 17.2. The van der Waals surface area contributed by atoms with Crippen molar-refractivity contribution in [3.63, 3.8) is 0 Å². The first-order valence-corrected chi connectivity index (χ1v) is 8.15. The maximum absolute atomic E-state index is 12.6. The smallest absolute Gasteiger partial charge is 0.273 e. The summed E-state index contributed by atoms with van der Waals surface area (Å²) in [6.07, 6.45) is 1.96. The minimum absolute atomic E-state index is 0. The van der Waals surface area contributed by atoms with Crippen LogP contribution < -0.4 is 5.73 Å². The highest BCUT2D eigenvalue weighted by Crippen LogP contribution is 2.34. The van der Waals surface area contributed by atoms with Gasteiger partial charge in [0.2, 0.25) is 0 Å². The summed E-state index contributed by atoms with van der Waals surface area (Å²) in [4.78, 5) is 18.8. The van der Waals surface area contributed by atoms with Crippen molar-refractivity contribution in [2.24, 2.45) is 5.73 Å². The van der Waals surface area contributed by atoms with Gasteiger partial charge in [-0.1, -0.05) is 23.7 Å². The first-order chi connectivity index (χ1) is 10.2. The number of halogens is 2. The zero-order valence-corrected chi connectivity index (χ0v) is 14.3. The molecule has 0 radical (unpaired) electrons. The summed E-state index contributed by atoms with van der Waals surface area (Å²) in [6.45, 7) is 1.13. The predicted octanol–water partition coefficient (Wildman–Crippen LogP) is 3.65. The van der Waals surface area contributed by atoms with Gasteiger partial charge in [0.25, 0.3) is 5.91 Å². The van der Waals surface area contributed by atoms with Crippen LogP contribution in [-0.4, -0.2) is 22.3 Å². The third kappa shape index (κ3) is 3.43. The van der Waals surface area contributed by atoms with Gasteiger partial charge in [-0.3, -0.25) is 4.79 Å². The third-order valence-electron chi connectivity index (χ3n) is 3.69. The Balaban J connectivity index is 0.00000176. The van der Waals surface area contributed by atoms with E-state index >= 15 is 0 Å². The molecule has 1 aromatic carbocycles. The number of nitrogens with two attached hydrogens (primary N) is 1. The molecule has 3 rings (SSSR count). The lowest BCUT2D eigenvalue weighted by Crippen LogP contribution is -2.30. The van der Waals surface area contributed by atoms with Crippen molar-refractivity contribution in [3.8, 4) is 0 Å². The quantitative estimate of drug-likeness (QED) is 0.911. The molecule has 0 aliphatic carbocycles. The maximum Gasteiger partial charge on any atom is 0.273 e. The van der Waals surface area contributed by atoms with E-state index in [4.69, 9.17) is 17.3 Å². The van der Waals surface area contributed by atoms with Crippen LogP contribution in [-0.2, 0) is 6.54 Å². The molecule has 1 amide bonds. The van der Waals surface area contributed by atoms with Crippen molar-refractivity contribution >= 4 is 41.3 Å². The van der Waals surface area contributed by atoms with Crippen molar-refractivity contribution in [3.05, 3.63) is 50.9 Å². The normalized spacial score (nSPS) is 17.4. The fourth-order valence-corrected chi connectivity index (χ4v) is 3.57. The van der Waals surface area contributed by atoms with Crippen LogP contribution >= 0.6 is 35.3 Å². The highest BCUT2D eigenvalue weighted by molar-refractivity contribution is 7.09. The number of nitrogens with zero attached hydrogens (tertiary/aromatic N) is 2. The molecular weight excluding hydrogens is 341 g/mol. The molecule has 1 aromatic heterocycles. The lowest BCUT2D eigenvalue weighted by atomic mass is 10.0. The second-order valence-corrected chi connectivity index (χ2v) is 6.42. The summed E-state index contributed by atoms with van der Waals surface area (Å²) < 4.78 is 0. The Morgan fingerprint density at radius 2 is 2.32 bits per heavy atom. The van der Waals surface area contributed by atoms with Gasteiger partial charge in [-0.25, -0.2) is 4.98 Å². The van der Waals surface area contributed by atoms with E-state index in [0.29, 0.717) is 17.3 Å². The molecule has 2 heterocycles. The number of hydrogen-bond acceptors (Lipinski definition) is 4. The third-order valence-corrected chi connectivity index (χ3v) is 4.80. The largest absolute Gasteiger partial charge is 0.330 e. The fraction of sp³-hybridized carbons (Fsp3) is 0.333. The van der Waals surface area contributed by atoms with E-state index in [-0.39, 0.29) is 24.4 Å². The van der Waals surface area contributed by atoms with Gasteiger partial charge in [0.15, 0.2) is 0 Å². The molecular formula is C15H17Cl2N3OS. The average Bonchev–Trinajstić information content (AvgIpc) is 3.15. The van der Waals surface area contributed by atoms with E-state index in [9.17, 15) is 4.79 Å². The number of thiazole rings is 1. The first-order valence-electron chi connectivity index (χ1n) is 6.90. The Morgan fingerprint density at radius 3 is 3.00 bits per heavy atom. The Morgan fingerprint density at radius 1 is 1.50 bits per heavy atom. The molecule has 1 atom stereocenters. The predicted molar refractivity (Wildman–Crippen MR) is 91.7 cm³/mol. The van der Waals surface area contributed by atoms with Crippen LogP contribution in [0, 0.1) is 0 Å². The van der Waals surface area contributed by atoms with E-state index in [2.05, 4.69) is 4.98 Å². The van der Waals surface area contributed by atoms with Gasteiger partial charge in [-0.2, -0.15) is 0 Å². The van der Waals surface area contributed by atoms with Crippen molar-refractivity contribution in [2.45, 2.75) is 25.4 Å². The molecule has 118 valence electrons. The topological polar surface area (TPSA) is 59.2 Å². The number of carbonyl (C=O) groups is 1. The molecule has 1 fully saturated rings. The molecule has 1 aliphatic heterocycles. The molecule has 1 unspecified atom stereocenters. The van der Waals surface area contributed by atoms with Gasteiger partial charge < -0.3 is 10.6 Å². The van der Waals surface area contributed by atoms with Crippen LogP contribution in [0.4, 0.5) is 0 Å². The van der Waals surface area contributed by atoms with Crippen LogP contribution in [0.25, 0.3) is 0 Å². The van der Waals surface area contributed by atoms with E-state index < -0.39 is 0 Å². The fourth-order valence-electron chi connectivity index (χ4n) is 2.72. The maximum atomic E-state index is 12.6. The van der Waals surface area contributed by atoms with E-state index in [1.807, 2.05) is 29.2 Å². The highest BCUT2D eigenvalue weighted by Gasteiger charge is 2.31. The molecule has 0 bridgehead atoms. The average molecular weight is 358 g/mol. The standard InChI is InChI=1S/C15H16ClN3OS.ClH/c16-11-4-1-3-10(7-11)13-5-2-6-19(13)15(20)12-9-21-14(8-17)18-12;/h1,3-4,7,9,13H,2,5-6,8,17H2;1H. The Hall–Kier alpha value is -1.14. The number of aromatic nitrogens is 1. The van der Waals surface area contributed by atoms with Gasteiger partial charge in [0, 0.05) is 23.5 Å². The van der Waals surface area contributed by atoms with Gasteiger partial charge in [-0.15, -0.1) is 23.7 Å². The summed E-state index contributed by atoms with van der Waals surface area (Å²) in [7, 11) is 0. The summed E-state index contributed by atoms with van der Waals surface area (Å²) in [5, 5.41) is 3.28. The molecule has 2 aromatic rings. The van der Waals surface area contributed by atoms with Gasteiger partial charge in [-0.05, 0) is 30.5 Å². The van der Waals surface area contributed by atoms with Crippen LogP contribution in [0.2, 0.25) is 5.02 Å². The van der Waals surface area contributed by atoms with Crippen molar-refractivity contribution in [2.75, 3.05) is 6.54 Å². The lowest BCUT2D eigenvalue weighted by Gasteiger charge is -2.24. The van der Waals surface area contributed by atoms with Crippen molar-refractivity contribution in [1.82, 2.24) is 9.88 Å². The number of carbonyl (C=O) groups excluding carboxylic acids is 1. The molecule has 2 N–H and O–H groups in total. The molecule has 0 spiro atoms. The Bertz CT molecular complexity index is 662. The number of likely N-dealkylation sites (tertiary alicyclic amines) is 1. The van der Waals surface area contributed by atoms with Crippen LogP contribution in [0.5, 0.6) is 0 Å². The monoisotopic (exact) mass is 357 g/mol. The second-order valence-electron chi connectivity index (χ2n) is 5.04. The van der Waals surface area contributed by atoms with Crippen molar-refractivity contribution < 1.29 is 4.79 Å². The zero-order chi connectivity index (χ0) is 14.8. The van der Waals surface area contributed by atoms with Crippen LogP contribution in [0.15, 0.2) is 29.6 Å². The van der Waals surface area contributed by atoms with Crippen LogP contribution in [0.3, 0.4) is 0 Å². The summed E-state index contributed by atoms with van der Waals surface area (Å²) in [5.41, 5.74) is 7.14. The van der Waals surface area contributed by atoms with E-state index in [0.717, 1.165) is 30.0 Å². The highest BCUT2D eigenvalue weighted by atomic mass is 35.5. The number of amides is 1. The SMILES string of the molecule is Cl.NCc1nc(C(=O)N2CCCC2c2cccc(Cl)c2)cs1. The molecule has 1 saturated heterocycles.